The van der Waals surface area contributed by atoms with Crippen LogP contribution in [0.1, 0.15) is 5.56 Å². The molecular formula is C14H14F3NNa2O7P2+2. The molecule has 8 nitrogen and oxygen atoms in total. The standard InChI is InChI=1S/C14H14F3NO7P2.2Na/c15-14(16,17)12-5-3-10(4-6-12)11-2-1-7-18(8-11)9-13(19,26(20,21)22)27(23,24)25;;/h1-8,19H,9H2,(H3-,20,21,22,23,24,25);;/q;2*+1. The first-order valence-electron chi connectivity index (χ1n) is 7.14. The first-order chi connectivity index (χ1) is 12.1. The molecule has 148 valence electrons. The maximum Gasteiger partial charge on any atom is 1.00 e. The molecule has 0 amide bonds. The maximum atomic E-state index is 12.6. The maximum absolute atomic E-state index is 12.6. The predicted octanol–water partition coefficient (Wildman–Crippen LogP) is -4.96. The molecule has 2 rings (SSSR count). The Kier molecular flexibility index (Phi) is 10.5. The molecule has 0 saturated heterocycles. The summed E-state index contributed by atoms with van der Waals surface area (Å²) in [6, 6.07) is 6.74. The van der Waals surface area contributed by atoms with Gasteiger partial charge in [-0.25, -0.2) is 4.57 Å². The van der Waals surface area contributed by atoms with Crippen LogP contribution < -0.4 is 68.6 Å². The van der Waals surface area contributed by atoms with E-state index in [4.69, 9.17) is 14.7 Å². The van der Waals surface area contributed by atoms with E-state index in [0.717, 1.165) is 41.2 Å². The molecule has 2 unspecified atom stereocenters. The van der Waals surface area contributed by atoms with E-state index in [0.29, 0.717) is 5.56 Å². The Bertz CT molecular complexity index is 910. The van der Waals surface area contributed by atoms with Crippen molar-refractivity contribution in [3.63, 3.8) is 0 Å². The molecule has 4 N–H and O–H groups in total. The molecule has 0 aliphatic carbocycles. The van der Waals surface area contributed by atoms with Gasteiger partial charge in [-0.3, -0.25) is 4.57 Å². The fraction of sp³-hybridized carbons (Fsp3) is 0.214. The van der Waals surface area contributed by atoms with Gasteiger partial charge in [0, 0.05) is 11.6 Å². The summed E-state index contributed by atoms with van der Waals surface area (Å²) in [7, 11) is -11.6. The van der Waals surface area contributed by atoms with Crippen LogP contribution in [0.3, 0.4) is 0 Å². The Morgan fingerprint density at radius 2 is 1.48 bits per heavy atom. The summed E-state index contributed by atoms with van der Waals surface area (Å²) in [6.07, 6.45) is -2.21. The summed E-state index contributed by atoms with van der Waals surface area (Å²) < 4.78 is 61.4. The molecule has 2 aromatic rings. The molecule has 0 saturated carbocycles. The fourth-order valence-corrected chi connectivity index (χ4v) is 4.24. The number of rotatable bonds is 5. The van der Waals surface area contributed by atoms with Gasteiger partial charge in [0.2, 0.25) is 0 Å². The molecule has 2 atom stereocenters. The minimum atomic E-state index is -5.89. The average molecular weight is 473 g/mol. The second-order valence-corrected chi connectivity index (χ2v) is 9.64. The van der Waals surface area contributed by atoms with Crippen molar-refractivity contribution in [1.29, 1.82) is 0 Å². The number of pyridine rings is 1. The number of halogens is 3. The monoisotopic (exact) mass is 473 g/mol. The van der Waals surface area contributed by atoms with Gasteiger partial charge in [-0.15, -0.1) is 0 Å². The fourth-order valence-electron chi connectivity index (χ4n) is 2.23. The van der Waals surface area contributed by atoms with Crippen LogP contribution in [0, 0.1) is 0 Å². The van der Waals surface area contributed by atoms with Crippen LogP contribution in [0.15, 0.2) is 48.8 Å². The van der Waals surface area contributed by atoms with Gasteiger partial charge in [0.15, 0.2) is 26.5 Å². The number of alkyl halides is 3. The van der Waals surface area contributed by atoms with Crippen molar-refractivity contribution in [2.24, 2.45) is 0 Å². The third kappa shape index (κ3) is 6.95. The average Bonchev–Trinajstić information content (AvgIpc) is 2.52. The molecule has 0 spiro atoms. The predicted molar refractivity (Wildman–Crippen MR) is 83.9 cm³/mol. The quantitative estimate of drug-likeness (QED) is 0.194. The topological polar surface area (TPSA) is 142 Å². The molecule has 1 aromatic carbocycles. The van der Waals surface area contributed by atoms with Crippen LogP contribution in [0.4, 0.5) is 13.2 Å². The van der Waals surface area contributed by atoms with E-state index in [2.05, 4.69) is 0 Å². The van der Waals surface area contributed by atoms with E-state index in [1.807, 2.05) is 0 Å². The van der Waals surface area contributed by atoms with Crippen molar-refractivity contribution in [3.8, 4) is 11.1 Å². The third-order valence-electron chi connectivity index (χ3n) is 3.72. The van der Waals surface area contributed by atoms with Gasteiger partial charge >= 0.3 is 72.9 Å². The van der Waals surface area contributed by atoms with Gasteiger partial charge in [0.25, 0.3) is 5.08 Å². The van der Waals surface area contributed by atoms with Gasteiger partial charge in [-0.05, 0) is 23.8 Å². The smallest absolute Gasteiger partial charge is 0.776 e. The largest absolute Gasteiger partial charge is 1.00 e. The number of hydrogen-bond acceptors (Lipinski definition) is 4. The summed E-state index contributed by atoms with van der Waals surface area (Å²) >= 11 is 0. The SMILES string of the molecule is O=P([O-])(O)C(O)(C[n+]1cccc(-c2ccc(C(F)(F)F)cc2)c1)P(=O)(O)O.[Na+].[Na+]. The molecule has 0 fully saturated rings. The van der Waals surface area contributed by atoms with Gasteiger partial charge in [0.1, 0.15) is 0 Å². The van der Waals surface area contributed by atoms with Crippen LogP contribution in [0.2, 0.25) is 0 Å². The van der Waals surface area contributed by atoms with Crippen LogP contribution in [0.25, 0.3) is 11.1 Å². The number of hydrogen-bond donors (Lipinski definition) is 4. The van der Waals surface area contributed by atoms with E-state index in [9.17, 15) is 32.3 Å². The molecule has 0 aliphatic heterocycles. The Labute approximate surface area is 207 Å². The van der Waals surface area contributed by atoms with Crippen LogP contribution in [-0.2, 0) is 21.9 Å². The molecule has 1 aromatic heterocycles. The minimum absolute atomic E-state index is 0. The van der Waals surface area contributed by atoms with E-state index in [1.165, 1.54) is 12.1 Å². The first-order valence-corrected chi connectivity index (χ1v) is 10.3. The molecule has 29 heavy (non-hydrogen) atoms. The van der Waals surface area contributed by atoms with E-state index in [1.54, 1.807) is 0 Å². The molecule has 0 aliphatic rings. The van der Waals surface area contributed by atoms with E-state index >= 15 is 0 Å². The number of benzene rings is 1. The van der Waals surface area contributed by atoms with Gasteiger partial charge in [0.05, 0.1) is 5.56 Å². The molecule has 0 bridgehead atoms. The summed E-state index contributed by atoms with van der Waals surface area (Å²) in [5.74, 6) is 0. The zero-order valence-electron chi connectivity index (χ0n) is 15.3. The minimum Gasteiger partial charge on any atom is -0.776 e. The van der Waals surface area contributed by atoms with Crippen molar-refractivity contribution < 1.29 is 111 Å². The van der Waals surface area contributed by atoms with Crippen molar-refractivity contribution in [2.45, 2.75) is 17.8 Å². The van der Waals surface area contributed by atoms with E-state index in [-0.39, 0.29) is 64.7 Å². The zero-order chi connectivity index (χ0) is 20.7. The van der Waals surface area contributed by atoms with Crippen molar-refractivity contribution in [2.75, 3.05) is 0 Å². The zero-order valence-corrected chi connectivity index (χ0v) is 21.1. The van der Waals surface area contributed by atoms with Crippen molar-refractivity contribution in [1.82, 2.24) is 0 Å². The van der Waals surface area contributed by atoms with E-state index < -0.39 is 38.6 Å². The number of aromatic nitrogens is 1. The van der Waals surface area contributed by atoms with Gasteiger partial charge in [-0.1, -0.05) is 12.1 Å². The Morgan fingerprint density at radius 1 is 0.966 bits per heavy atom. The molecule has 0 radical (unpaired) electrons. The normalized spacial score (nSPS) is 16.0. The summed E-state index contributed by atoms with van der Waals surface area (Å²) in [5.41, 5.74) is -0.303. The van der Waals surface area contributed by atoms with Crippen LogP contribution >= 0.6 is 15.2 Å². The molecular weight excluding hydrogens is 459 g/mol. The van der Waals surface area contributed by atoms with Crippen molar-refractivity contribution in [3.05, 3.63) is 54.4 Å². The van der Waals surface area contributed by atoms with Gasteiger partial charge in [-0.2, -0.15) is 13.2 Å². The number of nitrogens with zero attached hydrogens (tertiary/aromatic N) is 1. The summed E-state index contributed by atoms with van der Waals surface area (Å²) in [5, 5.41) is 6.13. The second-order valence-electron chi connectivity index (χ2n) is 5.68. The molecule has 1 heterocycles. The number of aliphatic hydroxyl groups is 1. The Balaban J connectivity index is 0.00000392. The van der Waals surface area contributed by atoms with Crippen LogP contribution in [0.5, 0.6) is 0 Å². The Hall–Kier alpha value is 0.420. The second kappa shape index (κ2) is 10.4. The first kappa shape index (κ1) is 29.4. The van der Waals surface area contributed by atoms with Crippen molar-refractivity contribution >= 4 is 15.2 Å². The van der Waals surface area contributed by atoms with Gasteiger partial charge < -0.3 is 29.2 Å². The Morgan fingerprint density at radius 3 is 1.90 bits per heavy atom. The third-order valence-corrected chi connectivity index (χ3v) is 7.38. The summed E-state index contributed by atoms with van der Waals surface area (Å²) in [6.45, 7) is -1.21. The molecule has 15 heteroatoms. The van der Waals surface area contributed by atoms with Crippen LogP contribution in [-0.4, -0.2) is 24.9 Å². The summed E-state index contributed by atoms with van der Waals surface area (Å²) in [4.78, 5) is 38.6.